The molecule has 102 valence electrons. The van der Waals surface area contributed by atoms with E-state index in [0.717, 1.165) is 6.07 Å². The van der Waals surface area contributed by atoms with Gasteiger partial charge in [0.2, 0.25) is 5.78 Å². The van der Waals surface area contributed by atoms with E-state index in [1.165, 1.54) is 30.5 Å². The third-order valence-electron chi connectivity index (χ3n) is 2.78. The normalized spacial score (nSPS) is 10.2. The SMILES string of the molecule is Cc1ccc(F)cc1C(=O)c1ccc(C(=O)ON)cn1. The fraction of sp³-hybridized carbons (Fsp3) is 0.0714. The highest BCUT2D eigenvalue weighted by molar-refractivity contribution is 6.08. The van der Waals surface area contributed by atoms with Gasteiger partial charge in [-0.15, -0.1) is 0 Å². The minimum Gasteiger partial charge on any atom is -0.370 e. The van der Waals surface area contributed by atoms with Crippen LogP contribution in [0.5, 0.6) is 0 Å². The fourth-order valence-corrected chi connectivity index (χ4v) is 1.69. The molecule has 2 N–H and O–H groups in total. The van der Waals surface area contributed by atoms with E-state index in [9.17, 15) is 14.0 Å². The summed E-state index contributed by atoms with van der Waals surface area (Å²) in [4.78, 5) is 31.3. The molecule has 0 aliphatic heterocycles. The van der Waals surface area contributed by atoms with Crippen molar-refractivity contribution in [2.24, 2.45) is 5.90 Å². The van der Waals surface area contributed by atoms with Crippen molar-refractivity contribution in [1.29, 1.82) is 0 Å². The van der Waals surface area contributed by atoms with Crippen LogP contribution in [-0.4, -0.2) is 16.7 Å². The summed E-state index contributed by atoms with van der Waals surface area (Å²) in [6.45, 7) is 1.70. The Hall–Kier alpha value is -2.60. The molecule has 0 spiro atoms. The molecule has 0 fully saturated rings. The van der Waals surface area contributed by atoms with Gasteiger partial charge in [-0.25, -0.2) is 9.18 Å². The lowest BCUT2D eigenvalue weighted by Gasteiger charge is -2.05. The lowest BCUT2D eigenvalue weighted by Crippen LogP contribution is -2.12. The average molecular weight is 274 g/mol. The third kappa shape index (κ3) is 2.70. The van der Waals surface area contributed by atoms with Crippen LogP contribution in [0.2, 0.25) is 0 Å². The van der Waals surface area contributed by atoms with Gasteiger partial charge >= 0.3 is 5.97 Å². The zero-order valence-electron chi connectivity index (χ0n) is 10.6. The number of ketones is 1. The van der Waals surface area contributed by atoms with Crippen LogP contribution in [-0.2, 0) is 4.84 Å². The average Bonchev–Trinajstić information content (AvgIpc) is 2.48. The van der Waals surface area contributed by atoms with Crippen molar-refractivity contribution in [3.05, 3.63) is 64.7 Å². The Bertz CT molecular complexity index is 669. The van der Waals surface area contributed by atoms with E-state index in [2.05, 4.69) is 9.82 Å². The lowest BCUT2D eigenvalue weighted by atomic mass is 10.0. The molecule has 2 aromatic rings. The van der Waals surface area contributed by atoms with Crippen LogP contribution in [0.25, 0.3) is 0 Å². The van der Waals surface area contributed by atoms with Crippen molar-refractivity contribution in [3.8, 4) is 0 Å². The molecule has 2 rings (SSSR count). The van der Waals surface area contributed by atoms with Gasteiger partial charge in [0.15, 0.2) is 0 Å². The molecular formula is C14H11FN2O3. The number of nitrogens with two attached hydrogens (primary N) is 1. The van der Waals surface area contributed by atoms with Crippen molar-refractivity contribution in [3.63, 3.8) is 0 Å². The zero-order chi connectivity index (χ0) is 14.7. The number of benzene rings is 1. The first-order valence-electron chi connectivity index (χ1n) is 5.71. The van der Waals surface area contributed by atoms with Crippen LogP contribution in [0.15, 0.2) is 36.5 Å². The van der Waals surface area contributed by atoms with E-state index in [1.807, 2.05) is 0 Å². The summed E-state index contributed by atoms with van der Waals surface area (Å²) >= 11 is 0. The Labute approximate surface area is 114 Å². The van der Waals surface area contributed by atoms with Crippen molar-refractivity contribution < 1.29 is 18.8 Å². The number of aromatic nitrogens is 1. The minimum atomic E-state index is -0.751. The quantitative estimate of drug-likeness (QED) is 0.681. The molecule has 0 aliphatic rings. The molecule has 1 aromatic heterocycles. The summed E-state index contributed by atoms with van der Waals surface area (Å²) in [7, 11) is 0. The molecule has 1 heterocycles. The largest absolute Gasteiger partial charge is 0.370 e. The van der Waals surface area contributed by atoms with Crippen LogP contribution in [0.3, 0.4) is 0 Å². The summed E-state index contributed by atoms with van der Waals surface area (Å²) in [5.41, 5.74) is 1.10. The molecule has 1 aromatic carbocycles. The van der Waals surface area contributed by atoms with Crippen LogP contribution < -0.4 is 5.90 Å². The van der Waals surface area contributed by atoms with E-state index in [0.29, 0.717) is 5.56 Å². The number of carbonyl (C=O) groups excluding carboxylic acids is 2. The Kier molecular flexibility index (Phi) is 3.86. The third-order valence-corrected chi connectivity index (χ3v) is 2.78. The van der Waals surface area contributed by atoms with Crippen molar-refractivity contribution in [1.82, 2.24) is 4.98 Å². The van der Waals surface area contributed by atoms with E-state index < -0.39 is 17.6 Å². The first kappa shape index (κ1) is 13.8. The van der Waals surface area contributed by atoms with E-state index in [1.54, 1.807) is 6.92 Å². The molecular weight excluding hydrogens is 263 g/mol. The molecule has 6 heteroatoms. The maximum absolute atomic E-state index is 13.2. The minimum absolute atomic E-state index is 0.104. The molecule has 20 heavy (non-hydrogen) atoms. The predicted octanol–water partition coefficient (Wildman–Crippen LogP) is 1.79. The molecule has 0 bridgehead atoms. The Morgan fingerprint density at radius 3 is 2.60 bits per heavy atom. The van der Waals surface area contributed by atoms with Crippen LogP contribution >= 0.6 is 0 Å². The van der Waals surface area contributed by atoms with Crippen LogP contribution in [0.1, 0.15) is 32.0 Å². The summed E-state index contributed by atoms with van der Waals surface area (Å²) in [5, 5.41) is 0. The standard InChI is InChI=1S/C14H11FN2O3/c1-8-2-4-10(15)6-11(8)13(18)12-5-3-9(7-17-12)14(19)20-16/h2-7H,16H2,1H3. The second-order valence-corrected chi connectivity index (χ2v) is 4.13. The number of carbonyl (C=O) groups is 2. The van der Waals surface area contributed by atoms with Crippen molar-refractivity contribution in [2.75, 3.05) is 0 Å². The monoisotopic (exact) mass is 274 g/mol. The van der Waals surface area contributed by atoms with Gasteiger partial charge in [-0.05, 0) is 36.8 Å². The molecule has 0 radical (unpaired) electrons. The van der Waals surface area contributed by atoms with Gasteiger partial charge in [0.1, 0.15) is 11.5 Å². The molecule has 0 saturated carbocycles. The molecule has 0 amide bonds. The van der Waals surface area contributed by atoms with Gasteiger partial charge in [0.25, 0.3) is 0 Å². The number of rotatable bonds is 3. The Morgan fingerprint density at radius 1 is 1.25 bits per heavy atom. The van der Waals surface area contributed by atoms with Crippen LogP contribution in [0.4, 0.5) is 4.39 Å². The zero-order valence-corrected chi connectivity index (χ0v) is 10.6. The van der Waals surface area contributed by atoms with Gasteiger partial charge in [-0.1, -0.05) is 6.07 Å². The highest BCUT2D eigenvalue weighted by atomic mass is 19.1. The Morgan fingerprint density at radius 2 is 2.00 bits per heavy atom. The number of hydrogen-bond donors (Lipinski definition) is 1. The second-order valence-electron chi connectivity index (χ2n) is 4.13. The van der Waals surface area contributed by atoms with Gasteiger partial charge in [0.05, 0.1) is 5.56 Å². The highest BCUT2D eigenvalue weighted by Crippen LogP contribution is 2.15. The number of halogens is 1. The second kappa shape index (κ2) is 5.58. The van der Waals surface area contributed by atoms with Crippen molar-refractivity contribution >= 4 is 11.8 Å². The molecule has 0 saturated heterocycles. The first-order valence-corrected chi connectivity index (χ1v) is 5.71. The van der Waals surface area contributed by atoms with E-state index in [-0.39, 0.29) is 16.8 Å². The number of nitrogens with zero attached hydrogens (tertiary/aromatic N) is 1. The van der Waals surface area contributed by atoms with Gasteiger partial charge in [-0.3, -0.25) is 9.78 Å². The molecule has 0 aliphatic carbocycles. The molecule has 5 nitrogen and oxygen atoms in total. The Balaban J connectivity index is 2.34. The molecule has 0 unspecified atom stereocenters. The molecule has 0 atom stereocenters. The summed E-state index contributed by atoms with van der Waals surface area (Å²) in [6, 6.07) is 6.67. The fourth-order valence-electron chi connectivity index (χ4n) is 1.69. The lowest BCUT2D eigenvalue weighted by molar-refractivity contribution is 0.0502. The maximum atomic E-state index is 13.2. The van der Waals surface area contributed by atoms with Crippen LogP contribution in [0, 0.1) is 12.7 Å². The van der Waals surface area contributed by atoms with E-state index in [4.69, 9.17) is 5.90 Å². The first-order chi connectivity index (χ1) is 9.52. The summed E-state index contributed by atoms with van der Waals surface area (Å²) < 4.78 is 13.2. The predicted molar refractivity (Wildman–Crippen MR) is 68.4 cm³/mol. The van der Waals surface area contributed by atoms with Gasteiger partial charge in [-0.2, -0.15) is 5.90 Å². The maximum Gasteiger partial charge on any atom is 0.358 e. The number of pyridine rings is 1. The van der Waals surface area contributed by atoms with Gasteiger partial charge < -0.3 is 4.84 Å². The summed E-state index contributed by atoms with van der Waals surface area (Å²) in [5.74, 6) is 3.07. The number of aryl methyl sites for hydroxylation is 1. The highest BCUT2D eigenvalue weighted by Gasteiger charge is 2.15. The van der Waals surface area contributed by atoms with Crippen molar-refractivity contribution in [2.45, 2.75) is 6.92 Å². The smallest absolute Gasteiger partial charge is 0.358 e. The number of hydrogen-bond acceptors (Lipinski definition) is 5. The summed E-state index contributed by atoms with van der Waals surface area (Å²) in [6.07, 6.45) is 1.18. The van der Waals surface area contributed by atoms with Gasteiger partial charge in [0, 0.05) is 11.8 Å². The van der Waals surface area contributed by atoms with E-state index >= 15 is 0 Å². The topological polar surface area (TPSA) is 82.3 Å².